The lowest BCUT2D eigenvalue weighted by Crippen LogP contribution is -2.25. The molecule has 1 aliphatic rings. The summed E-state index contributed by atoms with van der Waals surface area (Å²) in [6.45, 7) is 1.79. The smallest absolute Gasteiger partial charge is 0.270 e. The van der Waals surface area contributed by atoms with Crippen molar-refractivity contribution < 1.29 is 27.2 Å². The number of aromatic nitrogens is 4. The van der Waals surface area contributed by atoms with Gasteiger partial charge in [0.1, 0.15) is 22.9 Å². The summed E-state index contributed by atoms with van der Waals surface area (Å²) in [5, 5.41) is 6.66. The van der Waals surface area contributed by atoms with E-state index in [1.54, 1.807) is 13.0 Å². The number of hydrogen-bond donors (Lipinski definition) is 1. The minimum Gasteiger partial charge on any atom is -0.494 e. The van der Waals surface area contributed by atoms with Gasteiger partial charge >= 0.3 is 0 Å². The molecule has 0 saturated carbocycles. The molecule has 0 radical (unpaired) electrons. The lowest BCUT2D eigenvalue weighted by molar-refractivity contribution is 0.0821. The first kappa shape index (κ1) is 24.1. The van der Waals surface area contributed by atoms with Crippen molar-refractivity contribution in [3.05, 3.63) is 70.9 Å². The van der Waals surface area contributed by atoms with Crippen LogP contribution in [0.15, 0.2) is 46.8 Å². The zero-order chi connectivity index (χ0) is 25.2. The molecular weight excluding hydrogens is 479 g/mol. The van der Waals surface area contributed by atoms with Crippen molar-refractivity contribution in [1.82, 2.24) is 25.3 Å². The third-order valence-electron chi connectivity index (χ3n) is 5.06. The lowest BCUT2D eigenvalue weighted by Gasteiger charge is -2.09. The topological polar surface area (TPSA) is 146 Å². The molecule has 182 valence electrons. The van der Waals surface area contributed by atoms with E-state index in [-0.39, 0.29) is 23.0 Å². The quantitative estimate of drug-likeness (QED) is 0.514. The molecule has 2 aromatic heterocycles. The fraction of sp³-hybridized carbons (Fsp3) is 0.273. The maximum absolute atomic E-state index is 13.6. The van der Waals surface area contributed by atoms with Crippen LogP contribution in [0.3, 0.4) is 0 Å². The summed E-state index contributed by atoms with van der Waals surface area (Å²) in [7, 11) is -2.10. The predicted octanol–water partition coefficient (Wildman–Crippen LogP) is 1.92. The summed E-state index contributed by atoms with van der Waals surface area (Å²) < 4.78 is 41.7. The van der Waals surface area contributed by atoms with Gasteiger partial charge in [0.15, 0.2) is 32.5 Å². The van der Waals surface area contributed by atoms with E-state index in [4.69, 9.17) is 9.57 Å². The fourth-order valence-corrected chi connectivity index (χ4v) is 3.78. The van der Waals surface area contributed by atoms with Crippen molar-refractivity contribution in [2.75, 3.05) is 13.4 Å². The molecule has 1 aromatic carbocycles. The zero-order valence-corrected chi connectivity index (χ0v) is 19.8. The molecule has 0 aliphatic carbocycles. The third kappa shape index (κ3) is 5.57. The number of rotatable bonds is 7. The molecule has 4 rings (SSSR count). The molecule has 35 heavy (non-hydrogen) atoms. The van der Waals surface area contributed by atoms with Gasteiger partial charge in [-0.2, -0.15) is 0 Å². The molecule has 13 heteroatoms. The van der Waals surface area contributed by atoms with Gasteiger partial charge in [-0.15, -0.1) is 0 Å². The minimum absolute atomic E-state index is 0.0846. The number of ether oxygens (including phenoxy) is 1. The highest BCUT2D eigenvalue weighted by molar-refractivity contribution is 7.90. The van der Waals surface area contributed by atoms with Gasteiger partial charge in [0.2, 0.25) is 0 Å². The van der Waals surface area contributed by atoms with Gasteiger partial charge in [-0.05, 0) is 30.7 Å². The molecule has 1 amide bonds. The number of nitrogens with zero attached hydrogens (tertiary/aromatic N) is 5. The Kier molecular flexibility index (Phi) is 6.69. The van der Waals surface area contributed by atoms with Crippen molar-refractivity contribution in [3.63, 3.8) is 0 Å². The van der Waals surface area contributed by atoms with Crippen LogP contribution in [0.1, 0.15) is 45.8 Å². The SMILES string of the molecule is COc1cc(CNC(=O)c2cc(C3=NOC(c4cnc(S(C)(=O)=O)cn4)C3)nc(C)n2)ccc1F. The second-order valence-electron chi connectivity index (χ2n) is 7.73. The number of benzene rings is 1. The highest BCUT2D eigenvalue weighted by atomic mass is 32.2. The number of aryl methyl sites for hydroxylation is 1. The van der Waals surface area contributed by atoms with Crippen LogP contribution in [-0.2, 0) is 21.2 Å². The van der Waals surface area contributed by atoms with E-state index in [0.29, 0.717) is 34.9 Å². The molecule has 1 unspecified atom stereocenters. The maximum atomic E-state index is 13.6. The van der Waals surface area contributed by atoms with Crippen LogP contribution in [-0.4, -0.2) is 53.3 Å². The van der Waals surface area contributed by atoms with Gasteiger partial charge in [-0.25, -0.2) is 27.8 Å². The summed E-state index contributed by atoms with van der Waals surface area (Å²) in [5.41, 5.74) is 2.09. The van der Waals surface area contributed by atoms with Crippen LogP contribution >= 0.6 is 0 Å². The fourth-order valence-electron chi connectivity index (χ4n) is 3.29. The Bertz CT molecular complexity index is 1410. The van der Waals surface area contributed by atoms with Gasteiger partial charge < -0.3 is 14.9 Å². The number of amides is 1. The zero-order valence-electron chi connectivity index (χ0n) is 19.0. The third-order valence-corrected chi connectivity index (χ3v) is 6.03. The maximum Gasteiger partial charge on any atom is 0.270 e. The Hall–Kier alpha value is -4.00. The van der Waals surface area contributed by atoms with Crippen molar-refractivity contribution in [3.8, 4) is 5.75 Å². The monoisotopic (exact) mass is 500 g/mol. The molecule has 1 aliphatic heterocycles. The van der Waals surface area contributed by atoms with Crippen LogP contribution in [0.2, 0.25) is 0 Å². The molecule has 3 heterocycles. The molecule has 1 N–H and O–H groups in total. The van der Waals surface area contributed by atoms with E-state index < -0.39 is 27.7 Å². The Morgan fingerprint density at radius 2 is 2.03 bits per heavy atom. The number of sulfone groups is 1. The first-order valence-electron chi connectivity index (χ1n) is 10.4. The summed E-state index contributed by atoms with van der Waals surface area (Å²) >= 11 is 0. The predicted molar refractivity (Wildman–Crippen MR) is 121 cm³/mol. The number of carbonyl (C=O) groups excluding carboxylic acids is 1. The number of methoxy groups -OCH3 is 1. The van der Waals surface area contributed by atoms with Crippen molar-refractivity contribution >= 4 is 21.5 Å². The van der Waals surface area contributed by atoms with Crippen molar-refractivity contribution in [2.45, 2.75) is 31.0 Å². The van der Waals surface area contributed by atoms with Crippen LogP contribution in [0, 0.1) is 12.7 Å². The number of carbonyl (C=O) groups is 1. The molecule has 11 nitrogen and oxygen atoms in total. The molecule has 3 aromatic rings. The van der Waals surface area contributed by atoms with Gasteiger partial charge in [-0.3, -0.25) is 9.78 Å². The van der Waals surface area contributed by atoms with Crippen molar-refractivity contribution in [2.24, 2.45) is 5.16 Å². The number of nitrogens with one attached hydrogen (secondary N) is 1. The average Bonchev–Trinajstić information content (AvgIpc) is 3.33. The van der Waals surface area contributed by atoms with E-state index in [1.807, 2.05) is 0 Å². The van der Waals surface area contributed by atoms with Gasteiger partial charge in [0, 0.05) is 19.2 Å². The van der Waals surface area contributed by atoms with Gasteiger partial charge in [0.05, 0.1) is 25.2 Å². The van der Waals surface area contributed by atoms with Crippen molar-refractivity contribution in [1.29, 1.82) is 0 Å². The second-order valence-corrected chi connectivity index (χ2v) is 9.69. The normalized spacial score (nSPS) is 15.3. The summed E-state index contributed by atoms with van der Waals surface area (Å²) in [4.78, 5) is 34.7. The molecule has 0 bridgehead atoms. The summed E-state index contributed by atoms with van der Waals surface area (Å²) in [6.07, 6.45) is 3.26. The van der Waals surface area contributed by atoms with Crippen LogP contribution in [0.5, 0.6) is 5.75 Å². The Labute approximate surface area is 200 Å². The Morgan fingerprint density at radius 1 is 1.23 bits per heavy atom. The highest BCUT2D eigenvalue weighted by Gasteiger charge is 2.27. The molecule has 0 spiro atoms. The second kappa shape index (κ2) is 9.70. The minimum atomic E-state index is -3.46. The standard InChI is InChI=1S/C22H21FN6O5S/c1-12-27-15(16-8-20(34-29-16)18-10-25-21(11-24-18)35(3,31)32)7-17(28-12)22(30)26-9-13-4-5-14(23)19(6-13)33-2/h4-7,10-11,20H,8-9H2,1-3H3,(H,26,30). The van der Waals surface area contributed by atoms with E-state index >= 15 is 0 Å². The van der Waals surface area contributed by atoms with Crippen LogP contribution in [0.25, 0.3) is 0 Å². The molecule has 0 fully saturated rings. The number of oxime groups is 1. The number of halogens is 1. The molecule has 1 atom stereocenters. The van der Waals surface area contributed by atoms with Gasteiger partial charge in [0.25, 0.3) is 5.91 Å². The summed E-state index contributed by atoms with van der Waals surface area (Å²) in [5.74, 6) is -0.493. The number of hydrogen-bond acceptors (Lipinski definition) is 10. The van der Waals surface area contributed by atoms with E-state index in [2.05, 4.69) is 30.4 Å². The Morgan fingerprint density at radius 3 is 2.71 bits per heavy atom. The van der Waals surface area contributed by atoms with E-state index in [1.165, 1.54) is 37.7 Å². The van der Waals surface area contributed by atoms with E-state index in [9.17, 15) is 17.6 Å². The summed E-state index contributed by atoms with van der Waals surface area (Å²) in [6, 6.07) is 5.81. The van der Waals surface area contributed by atoms with E-state index in [0.717, 1.165) is 6.26 Å². The van der Waals surface area contributed by atoms with Crippen LogP contribution in [0.4, 0.5) is 4.39 Å². The first-order chi connectivity index (χ1) is 16.6. The average molecular weight is 501 g/mol. The molecular formula is C22H21FN6O5S. The Balaban J connectivity index is 1.45. The largest absolute Gasteiger partial charge is 0.494 e. The lowest BCUT2D eigenvalue weighted by atomic mass is 10.1. The van der Waals surface area contributed by atoms with Crippen LogP contribution < -0.4 is 10.1 Å². The first-order valence-corrected chi connectivity index (χ1v) is 12.2. The van der Waals surface area contributed by atoms with Gasteiger partial charge in [-0.1, -0.05) is 11.2 Å². The molecule has 0 saturated heterocycles. The highest BCUT2D eigenvalue weighted by Crippen LogP contribution is 2.28.